The van der Waals surface area contributed by atoms with Crippen LogP contribution in [0.15, 0.2) is 0 Å². The molecule has 0 aliphatic heterocycles. The summed E-state index contributed by atoms with van der Waals surface area (Å²) >= 11 is 0. The number of fused-ring (bicyclic) bond motifs is 2. The van der Waals surface area contributed by atoms with Gasteiger partial charge in [0.05, 0.1) is 6.10 Å². The molecule has 3 nitrogen and oxygen atoms in total. The Morgan fingerprint density at radius 3 is 2.33 bits per heavy atom. The molecule has 2 aliphatic rings. The third-order valence-corrected chi connectivity index (χ3v) is 4.48. The lowest BCUT2D eigenvalue weighted by molar-refractivity contribution is -0.202. The van der Waals surface area contributed by atoms with Gasteiger partial charge in [-0.25, -0.2) is 0 Å². The average molecular weight is 266 g/mol. The largest absolute Gasteiger partial charge is 0.459 e. The van der Waals surface area contributed by atoms with Crippen molar-refractivity contribution in [1.29, 1.82) is 0 Å². The second kappa shape index (κ2) is 4.40. The number of aliphatic hydroxyl groups is 1. The maximum Gasteiger partial charge on any atom is 0.401 e. The van der Waals surface area contributed by atoms with E-state index in [-0.39, 0.29) is 17.8 Å². The second-order valence-corrected chi connectivity index (χ2v) is 5.42. The van der Waals surface area contributed by atoms with E-state index >= 15 is 0 Å². The number of alkyl halides is 3. The molecule has 6 atom stereocenters. The van der Waals surface area contributed by atoms with E-state index in [2.05, 4.69) is 0 Å². The van der Waals surface area contributed by atoms with Crippen LogP contribution in [-0.2, 0) is 9.53 Å². The van der Waals surface area contributed by atoms with E-state index in [1.54, 1.807) is 0 Å². The van der Waals surface area contributed by atoms with Gasteiger partial charge in [-0.05, 0) is 31.6 Å². The Morgan fingerprint density at radius 1 is 1.33 bits per heavy atom. The van der Waals surface area contributed by atoms with Crippen molar-refractivity contribution in [2.45, 2.75) is 45.1 Å². The summed E-state index contributed by atoms with van der Waals surface area (Å²) in [6.45, 7) is 2.73. The molecule has 0 aromatic rings. The van der Waals surface area contributed by atoms with E-state index in [0.29, 0.717) is 0 Å². The van der Waals surface area contributed by atoms with Gasteiger partial charge in [0.1, 0.15) is 12.0 Å². The molecule has 0 amide bonds. The number of carbonyl (C=O) groups is 1. The van der Waals surface area contributed by atoms with Gasteiger partial charge in [0.25, 0.3) is 0 Å². The van der Waals surface area contributed by atoms with Crippen LogP contribution in [0, 0.1) is 23.7 Å². The smallest absolute Gasteiger partial charge is 0.401 e. The summed E-state index contributed by atoms with van der Waals surface area (Å²) in [4.78, 5) is 11.4. The third kappa shape index (κ3) is 2.11. The number of hydrogen-bond acceptors (Lipinski definition) is 3. The van der Waals surface area contributed by atoms with Crippen molar-refractivity contribution in [3.8, 4) is 0 Å². The highest BCUT2D eigenvalue weighted by Gasteiger charge is 2.55. The van der Waals surface area contributed by atoms with Gasteiger partial charge in [-0.3, -0.25) is 4.79 Å². The summed E-state index contributed by atoms with van der Waals surface area (Å²) in [6, 6.07) is 0. The van der Waals surface area contributed by atoms with Gasteiger partial charge < -0.3 is 9.84 Å². The van der Waals surface area contributed by atoms with Gasteiger partial charge in [0, 0.05) is 5.92 Å². The highest BCUT2D eigenvalue weighted by Crippen LogP contribution is 2.50. The zero-order valence-corrected chi connectivity index (χ0v) is 10.3. The number of aliphatic hydroxyl groups excluding tert-OH is 1. The van der Waals surface area contributed by atoms with Crippen LogP contribution in [0.3, 0.4) is 0 Å². The molecule has 0 heterocycles. The van der Waals surface area contributed by atoms with Gasteiger partial charge in [0.15, 0.2) is 0 Å². The SMILES string of the molecule is CC1C2CCC1C(OC(=O)C(C)C(F)(F)F)C2O. The quantitative estimate of drug-likeness (QED) is 0.779. The topological polar surface area (TPSA) is 46.5 Å². The molecule has 2 fully saturated rings. The van der Waals surface area contributed by atoms with Crippen LogP contribution in [0.25, 0.3) is 0 Å². The van der Waals surface area contributed by atoms with Gasteiger partial charge >= 0.3 is 12.1 Å². The van der Waals surface area contributed by atoms with Crippen molar-refractivity contribution in [3.63, 3.8) is 0 Å². The summed E-state index contributed by atoms with van der Waals surface area (Å²) in [6.07, 6.45) is -4.51. The van der Waals surface area contributed by atoms with E-state index in [9.17, 15) is 23.1 Å². The van der Waals surface area contributed by atoms with Gasteiger partial charge in [0.2, 0.25) is 0 Å². The molecule has 2 rings (SSSR count). The van der Waals surface area contributed by atoms with E-state index in [4.69, 9.17) is 4.74 Å². The summed E-state index contributed by atoms with van der Waals surface area (Å²) in [7, 11) is 0. The standard InChI is InChI=1S/C12H17F3O3/c1-5-7-3-4-8(5)10(9(7)16)18-11(17)6(2)12(13,14)15/h5-10,16H,3-4H2,1-2H3. The van der Waals surface area contributed by atoms with Crippen LogP contribution in [0.5, 0.6) is 0 Å². The second-order valence-electron chi connectivity index (χ2n) is 5.42. The first kappa shape index (κ1) is 13.6. The minimum atomic E-state index is -4.59. The van der Waals surface area contributed by atoms with Crippen LogP contribution in [0.2, 0.25) is 0 Å². The highest BCUT2D eigenvalue weighted by atomic mass is 19.4. The number of esters is 1. The van der Waals surface area contributed by atoms with E-state index in [1.165, 1.54) is 0 Å². The predicted octanol–water partition coefficient (Wildman–Crippen LogP) is 2.13. The molecule has 0 radical (unpaired) electrons. The number of carbonyl (C=O) groups excluding carboxylic acids is 1. The number of rotatable bonds is 2. The molecule has 0 saturated heterocycles. The van der Waals surface area contributed by atoms with Crippen LogP contribution in [-0.4, -0.2) is 29.5 Å². The molecule has 2 bridgehead atoms. The molecule has 0 aromatic carbocycles. The number of halogens is 3. The molecule has 6 heteroatoms. The average Bonchev–Trinajstić information content (AvgIpc) is 2.72. The summed E-state index contributed by atoms with van der Waals surface area (Å²) < 4.78 is 42.0. The molecule has 18 heavy (non-hydrogen) atoms. The first-order chi connectivity index (χ1) is 8.23. The van der Waals surface area contributed by atoms with Crippen molar-refractivity contribution in [1.82, 2.24) is 0 Å². The molecular weight excluding hydrogens is 249 g/mol. The summed E-state index contributed by atoms with van der Waals surface area (Å²) in [5.41, 5.74) is 0. The molecule has 2 saturated carbocycles. The zero-order valence-electron chi connectivity index (χ0n) is 10.3. The van der Waals surface area contributed by atoms with Crippen LogP contribution in [0.4, 0.5) is 13.2 Å². The highest BCUT2D eigenvalue weighted by molar-refractivity contribution is 5.73. The lowest BCUT2D eigenvalue weighted by Crippen LogP contribution is -2.40. The Balaban J connectivity index is 2.01. The van der Waals surface area contributed by atoms with Gasteiger partial charge in [-0.2, -0.15) is 13.2 Å². The van der Waals surface area contributed by atoms with Crippen LogP contribution in [0.1, 0.15) is 26.7 Å². The van der Waals surface area contributed by atoms with Crippen molar-refractivity contribution >= 4 is 5.97 Å². The zero-order chi connectivity index (χ0) is 13.7. The Morgan fingerprint density at radius 2 is 1.89 bits per heavy atom. The maximum atomic E-state index is 12.4. The lowest BCUT2D eigenvalue weighted by Gasteiger charge is -2.28. The molecule has 104 valence electrons. The van der Waals surface area contributed by atoms with Crippen molar-refractivity contribution in [3.05, 3.63) is 0 Å². The molecule has 1 N–H and O–H groups in total. The minimum absolute atomic E-state index is 0.00520. The molecular formula is C12H17F3O3. The molecule has 0 spiro atoms. The predicted molar refractivity (Wildman–Crippen MR) is 56.5 cm³/mol. The monoisotopic (exact) mass is 266 g/mol. The minimum Gasteiger partial charge on any atom is -0.459 e. The fourth-order valence-corrected chi connectivity index (χ4v) is 3.20. The lowest BCUT2D eigenvalue weighted by atomic mass is 9.95. The van der Waals surface area contributed by atoms with E-state index in [1.807, 2.05) is 6.92 Å². The fourth-order valence-electron chi connectivity index (χ4n) is 3.20. The molecule has 0 aromatic heterocycles. The van der Waals surface area contributed by atoms with Gasteiger partial charge in [-0.15, -0.1) is 0 Å². The summed E-state index contributed by atoms with van der Waals surface area (Å²) in [5, 5.41) is 9.92. The van der Waals surface area contributed by atoms with Crippen molar-refractivity contribution in [2.75, 3.05) is 0 Å². The Labute approximate surface area is 103 Å². The maximum absolute atomic E-state index is 12.4. The van der Waals surface area contributed by atoms with Crippen molar-refractivity contribution in [2.24, 2.45) is 23.7 Å². The normalized spacial score (nSPS) is 40.9. The number of ether oxygens (including phenoxy) is 1. The Bertz CT molecular complexity index is 342. The van der Waals surface area contributed by atoms with Crippen LogP contribution >= 0.6 is 0 Å². The first-order valence-electron chi connectivity index (χ1n) is 6.18. The van der Waals surface area contributed by atoms with E-state index in [0.717, 1.165) is 19.8 Å². The van der Waals surface area contributed by atoms with Crippen molar-refractivity contribution < 1.29 is 27.8 Å². The summed E-state index contributed by atoms with van der Waals surface area (Å²) in [5.74, 6) is -3.17. The van der Waals surface area contributed by atoms with Crippen LogP contribution < -0.4 is 0 Å². The fraction of sp³-hybridized carbons (Fsp3) is 0.917. The Hall–Kier alpha value is -0.780. The molecule has 6 unspecified atom stereocenters. The Kier molecular flexibility index (Phi) is 3.34. The third-order valence-electron chi connectivity index (χ3n) is 4.48. The first-order valence-corrected chi connectivity index (χ1v) is 6.18. The molecule has 2 aliphatic carbocycles. The van der Waals surface area contributed by atoms with Gasteiger partial charge in [-0.1, -0.05) is 6.92 Å². The van der Waals surface area contributed by atoms with E-state index < -0.39 is 30.3 Å². The number of hydrogen-bond donors (Lipinski definition) is 1.